The Morgan fingerprint density at radius 2 is 1.84 bits per heavy atom. The number of rotatable bonds is 9. The minimum absolute atomic E-state index is 0.142. The molecule has 3 rings (SSSR count). The summed E-state index contributed by atoms with van der Waals surface area (Å²) in [6.45, 7) is 6.26. The number of amides is 2. The van der Waals surface area contributed by atoms with Gasteiger partial charge in [0.25, 0.3) is 0 Å². The Kier molecular flexibility index (Phi) is 7.99. The second-order valence-electron chi connectivity index (χ2n) is 6.59. The van der Waals surface area contributed by atoms with Crippen LogP contribution in [0.4, 0.5) is 16.5 Å². The Morgan fingerprint density at radius 3 is 2.53 bits per heavy atom. The Bertz CT molecular complexity index is 1100. The fourth-order valence-corrected chi connectivity index (χ4v) is 3.79. The number of hydrogen-bond acceptors (Lipinski definition) is 6. The Labute approximate surface area is 191 Å². The van der Waals surface area contributed by atoms with Gasteiger partial charge in [-0.15, -0.1) is 11.3 Å². The molecule has 0 saturated carbocycles. The van der Waals surface area contributed by atoms with Gasteiger partial charge in [-0.3, -0.25) is 14.5 Å². The highest BCUT2D eigenvalue weighted by Gasteiger charge is 2.17. The van der Waals surface area contributed by atoms with E-state index in [0.717, 1.165) is 5.69 Å². The fourth-order valence-electron chi connectivity index (χ4n) is 2.94. The molecule has 0 saturated heterocycles. The molecule has 1 aromatic heterocycles. The van der Waals surface area contributed by atoms with E-state index in [4.69, 9.17) is 9.47 Å². The van der Waals surface area contributed by atoms with Gasteiger partial charge in [0.05, 0.1) is 30.3 Å². The van der Waals surface area contributed by atoms with Crippen molar-refractivity contribution in [2.24, 2.45) is 0 Å². The summed E-state index contributed by atoms with van der Waals surface area (Å²) < 4.78 is 11.1. The number of anilines is 3. The molecule has 166 valence electrons. The molecule has 0 unspecified atom stereocenters. The van der Waals surface area contributed by atoms with E-state index in [1.54, 1.807) is 29.7 Å². The second-order valence-corrected chi connectivity index (χ2v) is 7.43. The molecule has 0 spiro atoms. The van der Waals surface area contributed by atoms with E-state index in [0.29, 0.717) is 41.2 Å². The normalized spacial score (nSPS) is 10.7. The predicted molar refractivity (Wildman–Crippen MR) is 128 cm³/mol. The summed E-state index contributed by atoms with van der Waals surface area (Å²) in [7, 11) is 0. The third-order valence-electron chi connectivity index (χ3n) is 4.26. The average Bonchev–Trinajstić information content (AvgIpc) is 3.23. The molecule has 2 amide bonds. The molecule has 1 heterocycles. The lowest BCUT2D eigenvalue weighted by Crippen LogP contribution is -2.22. The summed E-state index contributed by atoms with van der Waals surface area (Å²) in [4.78, 5) is 30.7. The first-order valence-electron chi connectivity index (χ1n) is 10.2. The van der Waals surface area contributed by atoms with E-state index in [9.17, 15) is 9.59 Å². The van der Waals surface area contributed by atoms with Crippen LogP contribution in [0.2, 0.25) is 0 Å². The Hall–Kier alpha value is -3.65. The zero-order valence-corrected chi connectivity index (χ0v) is 19.0. The Balaban J connectivity index is 1.74. The van der Waals surface area contributed by atoms with Gasteiger partial charge in [0, 0.05) is 24.4 Å². The van der Waals surface area contributed by atoms with Gasteiger partial charge in [0.15, 0.2) is 5.13 Å². The van der Waals surface area contributed by atoms with Gasteiger partial charge < -0.3 is 14.8 Å². The van der Waals surface area contributed by atoms with Crippen molar-refractivity contribution in [2.75, 3.05) is 23.4 Å². The molecule has 2 aromatic carbocycles. The van der Waals surface area contributed by atoms with Gasteiger partial charge in [-0.1, -0.05) is 18.2 Å². The number of carbonyl (C=O) groups is 2. The van der Waals surface area contributed by atoms with Crippen molar-refractivity contribution in [3.05, 3.63) is 65.7 Å². The number of para-hydroxylation sites is 1. The lowest BCUT2D eigenvalue weighted by atomic mass is 10.2. The van der Waals surface area contributed by atoms with Crippen LogP contribution in [0.5, 0.6) is 11.5 Å². The van der Waals surface area contributed by atoms with E-state index in [2.05, 4.69) is 10.3 Å². The van der Waals surface area contributed by atoms with E-state index in [1.165, 1.54) is 29.2 Å². The molecule has 7 nitrogen and oxygen atoms in total. The van der Waals surface area contributed by atoms with E-state index in [-0.39, 0.29) is 11.8 Å². The maximum atomic E-state index is 12.5. The molecule has 0 radical (unpaired) electrons. The maximum Gasteiger partial charge on any atom is 0.248 e. The summed E-state index contributed by atoms with van der Waals surface area (Å²) in [5, 5.41) is 5.14. The van der Waals surface area contributed by atoms with Crippen LogP contribution < -0.4 is 19.7 Å². The first kappa shape index (κ1) is 23.0. The summed E-state index contributed by atoms with van der Waals surface area (Å²) in [5.41, 5.74) is 1.84. The zero-order valence-electron chi connectivity index (χ0n) is 18.2. The van der Waals surface area contributed by atoms with Crippen LogP contribution in [0.15, 0.2) is 60.0 Å². The highest BCUT2D eigenvalue weighted by Crippen LogP contribution is 2.30. The predicted octanol–water partition coefficient (Wildman–Crippen LogP) is 5.28. The number of carbonyl (C=O) groups excluding carboxylic acids is 2. The summed E-state index contributed by atoms with van der Waals surface area (Å²) in [6.07, 6.45) is 2.99. The van der Waals surface area contributed by atoms with Crippen molar-refractivity contribution in [3.63, 3.8) is 0 Å². The third-order valence-corrected chi connectivity index (χ3v) is 5.10. The van der Waals surface area contributed by atoms with Crippen molar-refractivity contribution < 1.29 is 19.1 Å². The average molecular weight is 452 g/mol. The van der Waals surface area contributed by atoms with Crippen molar-refractivity contribution in [1.82, 2.24) is 4.98 Å². The van der Waals surface area contributed by atoms with E-state index in [1.807, 2.05) is 44.2 Å². The van der Waals surface area contributed by atoms with Gasteiger partial charge >= 0.3 is 0 Å². The lowest BCUT2D eigenvalue weighted by Gasteiger charge is -2.17. The molecule has 0 aliphatic heterocycles. The molecule has 3 aromatic rings. The quantitative estimate of drug-likeness (QED) is 0.448. The van der Waals surface area contributed by atoms with Crippen molar-refractivity contribution in [1.29, 1.82) is 0 Å². The van der Waals surface area contributed by atoms with Gasteiger partial charge in [0.1, 0.15) is 11.5 Å². The molecule has 0 aliphatic carbocycles. The lowest BCUT2D eigenvalue weighted by molar-refractivity contribution is -0.116. The number of nitrogens with zero attached hydrogens (tertiary/aromatic N) is 2. The Morgan fingerprint density at radius 1 is 1.09 bits per heavy atom. The first-order chi connectivity index (χ1) is 15.5. The molecule has 0 aliphatic rings. The zero-order chi connectivity index (χ0) is 22.9. The number of ether oxygens (including phenoxy) is 2. The number of hydrogen-bond donors (Lipinski definition) is 1. The van der Waals surface area contributed by atoms with Crippen LogP contribution in [0.1, 0.15) is 26.5 Å². The smallest absolute Gasteiger partial charge is 0.248 e. The van der Waals surface area contributed by atoms with Crippen molar-refractivity contribution >= 4 is 45.7 Å². The molecular weight excluding hydrogens is 426 g/mol. The van der Waals surface area contributed by atoms with Crippen LogP contribution in [0.3, 0.4) is 0 Å². The third kappa shape index (κ3) is 5.95. The molecule has 1 N–H and O–H groups in total. The standard InChI is InChI=1S/C24H25N3O4S/c1-4-30-20-12-13-22(31-5-2)21(15-20)26-23(29)14-11-18-16-32-24(25-18)27(17(3)28)19-9-7-6-8-10-19/h6-16H,4-5H2,1-3H3,(H,26,29)/b14-11+. The van der Waals surface area contributed by atoms with Gasteiger partial charge in [-0.2, -0.15) is 0 Å². The summed E-state index contributed by atoms with van der Waals surface area (Å²) >= 11 is 1.33. The maximum absolute atomic E-state index is 12.5. The van der Waals surface area contributed by atoms with Crippen LogP contribution in [0, 0.1) is 0 Å². The van der Waals surface area contributed by atoms with Crippen molar-refractivity contribution in [3.8, 4) is 11.5 Å². The molecule has 0 atom stereocenters. The molecule has 0 fully saturated rings. The number of thiazole rings is 1. The number of aromatic nitrogens is 1. The van der Waals surface area contributed by atoms with Gasteiger partial charge in [-0.05, 0) is 44.2 Å². The fraction of sp³-hybridized carbons (Fsp3) is 0.208. The minimum atomic E-state index is -0.333. The van der Waals surface area contributed by atoms with Crippen molar-refractivity contribution in [2.45, 2.75) is 20.8 Å². The van der Waals surface area contributed by atoms with Crippen LogP contribution in [-0.2, 0) is 9.59 Å². The second kappa shape index (κ2) is 11.1. The molecular formula is C24H25N3O4S. The van der Waals surface area contributed by atoms with E-state index < -0.39 is 0 Å². The molecule has 8 heteroatoms. The topological polar surface area (TPSA) is 80.8 Å². The van der Waals surface area contributed by atoms with Crippen LogP contribution in [-0.4, -0.2) is 30.0 Å². The molecule has 32 heavy (non-hydrogen) atoms. The number of nitrogens with one attached hydrogen (secondary N) is 1. The van der Waals surface area contributed by atoms with E-state index >= 15 is 0 Å². The summed E-state index contributed by atoms with van der Waals surface area (Å²) in [6, 6.07) is 14.6. The van der Waals surface area contributed by atoms with Crippen LogP contribution in [0.25, 0.3) is 6.08 Å². The number of benzene rings is 2. The van der Waals surface area contributed by atoms with Gasteiger partial charge in [-0.25, -0.2) is 4.98 Å². The van der Waals surface area contributed by atoms with Gasteiger partial charge in [0.2, 0.25) is 11.8 Å². The highest BCUT2D eigenvalue weighted by molar-refractivity contribution is 7.14. The minimum Gasteiger partial charge on any atom is -0.494 e. The SMILES string of the molecule is CCOc1ccc(OCC)c(NC(=O)/C=C/c2csc(N(C(C)=O)c3ccccc3)n2)c1. The first-order valence-corrected chi connectivity index (χ1v) is 11.1. The highest BCUT2D eigenvalue weighted by atomic mass is 32.1. The largest absolute Gasteiger partial charge is 0.494 e. The monoisotopic (exact) mass is 451 g/mol. The van der Waals surface area contributed by atoms with Crippen LogP contribution >= 0.6 is 11.3 Å². The summed E-state index contributed by atoms with van der Waals surface area (Å²) in [5.74, 6) is 0.732. The molecule has 0 bridgehead atoms.